The van der Waals surface area contributed by atoms with E-state index in [9.17, 15) is 0 Å². The molecule has 0 fully saturated rings. The molecule has 0 amide bonds. The van der Waals surface area contributed by atoms with Gasteiger partial charge < -0.3 is 4.57 Å². The highest BCUT2D eigenvalue weighted by atomic mass is 32.1. The fraction of sp³-hybridized carbons (Fsp3) is 0.158. The predicted octanol–water partition coefficient (Wildman–Crippen LogP) is 4.33. The van der Waals surface area contributed by atoms with E-state index in [2.05, 4.69) is 39.3 Å². The molecule has 4 aromatic rings. The van der Waals surface area contributed by atoms with Crippen LogP contribution in [0.15, 0.2) is 54.4 Å². The van der Waals surface area contributed by atoms with Crippen LogP contribution in [0, 0.1) is 13.8 Å². The van der Waals surface area contributed by atoms with Crippen LogP contribution in [0.2, 0.25) is 0 Å². The molecule has 0 saturated carbocycles. The van der Waals surface area contributed by atoms with Gasteiger partial charge in [0, 0.05) is 23.0 Å². The summed E-state index contributed by atoms with van der Waals surface area (Å²) in [5.74, 6) is 0.742. The van der Waals surface area contributed by atoms with E-state index >= 15 is 0 Å². The Kier molecular flexibility index (Phi) is 4.22. The Morgan fingerprint density at radius 1 is 1.15 bits per heavy atom. The lowest BCUT2D eigenvalue weighted by atomic mass is 10.1. The highest BCUT2D eigenvalue weighted by Crippen LogP contribution is 2.32. The second-order valence-electron chi connectivity index (χ2n) is 6.01. The minimum Gasteiger partial charge on any atom is -0.306 e. The fourth-order valence-electron chi connectivity index (χ4n) is 2.76. The zero-order valence-corrected chi connectivity index (χ0v) is 15.6. The third-order valence-electron chi connectivity index (χ3n) is 4.38. The van der Waals surface area contributed by atoms with Gasteiger partial charge >= 0.3 is 0 Å². The SMILES string of the molecule is CC(=NNc1ncnc2sc(C)c(C)c12)c1ccc(-n2ccnc2)cc1. The maximum atomic E-state index is 4.52. The van der Waals surface area contributed by atoms with Gasteiger partial charge in [-0.3, -0.25) is 5.43 Å². The number of anilines is 1. The highest BCUT2D eigenvalue weighted by Gasteiger charge is 2.11. The molecule has 3 heterocycles. The van der Waals surface area contributed by atoms with Crippen LogP contribution in [-0.2, 0) is 0 Å². The number of benzene rings is 1. The molecule has 0 spiro atoms. The van der Waals surface area contributed by atoms with Crippen molar-refractivity contribution in [3.05, 3.63) is 65.3 Å². The lowest BCUT2D eigenvalue weighted by Gasteiger charge is -2.06. The summed E-state index contributed by atoms with van der Waals surface area (Å²) in [6, 6.07) is 8.19. The number of aryl methyl sites for hydroxylation is 2. The molecule has 6 nitrogen and oxygen atoms in total. The van der Waals surface area contributed by atoms with Crippen molar-refractivity contribution in [2.24, 2.45) is 5.10 Å². The molecule has 1 N–H and O–H groups in total. The van der Waals surface area contributed by atoms with Crippen LogP contribution in [-0.4, -0.2) is 25.2 Å². The Morgan fingerprint density at radius 3 is 2.69 bits per heavy atom. The number of aromatic nitrogens is 4. The molecule has 7 heteroatoms. The standard InChI is InChI=1S/C19H18N6S/c1-12-14(3)26-19-17(12)18(21-10-22-19)24-23-13(2)15-4-6-16(7-5-15)25-9-8-20-11-25/h4-11H,1-3H3,(H,21,22,24). The number of hydrogen-bond acceptors (Lipinski definition) is 6. The molecule has 26 heavy (non-hydrogen) atoms. The van der Waals surface area contributed by atoms with Crippen LogP contribution in [0.3, 0.4) is 0 Å². The zero-order valence-electron chi connectivity index (χ0n) is 14.8. The summed E-state index contributed by atoms with van der Waals surface area (Å²) in [4.78, 5) is 15.0. The Balaban J connectivity index is 1.59. The Hall–Kier alpha value is -3.06. The van der Waals surface area contributed by atoms with Gasteiger partial charge in [-0.25, -0.2) is 15.0 Å². The number of rotatable bonds is 4. The number of hydrogen-bond donors (Lipinski definition) is 1. The average molecular weight is 362 g/mol. The predicted molar refractivity (Wildman–Crippen MR) is 106 cm³/mol. The molecule has 3 aromatic heterocycles. The van der Waals surface area contributed by atoms with Crippen molar-refractivity contribution in [3.63, 3.8) is 0 Å². The van der Waals surface area contributed by atoms with Crippen molar-refractivity contribution in [2.75, 3.05) is 5.43 Å². The van der Waals surface area contributed by atoms with Gasteiger partial charge in [-0.05, 0) is 44.0 Å². The minimum absolute atomic E-state index is 0.742. The topological polar surface area (TPSA) is 68.0 Å². The van der Waals surface area contributed by atoms with Gasteiger partial charge in [0.1, 0.15) is 11.2 Å². The van der Waals surface area contributed by atoms with E-state index in [1.165, 1.54) is 10.4 Å². The van der Waals surface area contributed by atoms with Gasteiger partial charge in [0.05, 0.1) is 17.4 Å². The van der Waals surface area contributed by atoms with Crippen molar-refractivity contribution >= 4 is 33.1 Å². The smallest absolute Gasteiger partial charge is 0.158 e. The molecular formula is C19H18N6S. The molecule has 0 unspecified atom stereocenters. The third-order valence-corrected chi connectivity index (χ3v) is 5.50. The molecule has 0 aliphatic heterocycles. The van der Waals surface area contributed by atoms with Gasteiger partial charge in [-0.2, -0.15) is 5.10 Å². The van der Waals surface area contributed by atoms with Crippen molar-refractivity contribution in [2.45, 2.75) is 20.8 Å². The van der Waals surface area contributed by atoms with E-state index in [-0.39, 0.29) is 0 Å². The number of hydrazone groups is 1. The van der Waals surface area contributed by atoms with Gasteiger partial charge in [0.2, 0.25) is 0 Å². The molecule has 130 valence electrons. The van der Waals surface area contributed by atoms with E-state index in [1.807, 2.05) is 42.0 Å². The zero-order chi connectivity index (χ0) is 18.1. The molecular weight excluding hydrogens is 344 g/mol. The van der Waals surface area contributed by atoms with Crippen molar-refractivity contribution in [1.29, 1.82) is 0 Å². The lowest BCUT2D eigenvalue weighted by molar-refractivity contribution is 1.06. The van der Waals surface area contributed by atoms with Gasteiger partial charge in [0.25, 0.3) is 0 Å². The van der Waals surface area contributed by atoms with E-state index < -0.39 is 0 Å². The number of thiophene rings is 1. The van der Waals surface area contributed by atoms with Crippen molar-refractivity contribution in [1.82, 2.24) is 19.5 Å². The van der Waals surface area contributed by atoms with Gasteiger partial charge in [-0.1, -0.05) is 12.1 Å². The monoisotopic (exact) mass is 362 g/mol. The van der Waals surface area contributed by atoms with Crippen LogP contribution in [0.4, 0.5) is 5.82 Å². The summed E-state index contributed by atoms with van der Waals surface area (Å²) in [5.41, 5.74) is 7.31. The Morgan fingerprint density at radius 2 is 1.96 bits per heavy atom. The Labute approximate surface area is 155 Å². The first-order valence-electron chi connectivity index (χ1n) is 8.23. The number of fused-ring (bicyclic) bond motifs is 1. The lowest BCUT2D eigenvalue weighted by Crippen LogP contribution is -2.02. The van der Waals surface area contributed by atoms with Gasteiger partial charge in [-0.15, -0.1) is 11.3 Å². The van der Waals surface area contributed by atoms with Crippen molar-refractivity contribution in [3.8, 4) is 5.69 Å². The summed E-state index contributed by atoms with van der Waals surface area (Å²) in [7, 11) is 0. The normalized spacial score (nSPS) is 11.9. The number of nitrogens with zero attached hydrogens (tertiary/aromatic N) is 5. The minimum atomic E-state index is 0.742. The van der Waals surface area contributed by atoms with E-state index in [1.54, 1.807) is 30.2 Å². The van der Waals surface area contributed by atoms with Crippen LogP contribution < -0.4 is 5.43 Å². The van der Waals surface area contributed by atoms with Crippen LogP contribution in [0.5, 0.6) is 0 Å². The highest BCUT2D eigenvalue weighted by molar-refractivity contribution is 7.18. The maximum Gasteiger partial charge on any atom is 0.158 e. The summed E-state index contributed by atoms with van der Waals surface area (Å²) in [6.07, 6.45) is 7.04. The largest absolute Gasteiger partial charge is 0.306 e. The first-order chi connectivity index (χ1) is 12.6. The molecule has 4 rings (SSSR count). The quantitative estimate of drug-likeness (QED) is 0.433. The fourth-order valence-corrected chi connectivity index (χ4v) is 3.75. The molecule has 0 aliphatic carbocycles. The first kappa shape index (κ1) is 16.4. The summed E-state index contributed by atoms with van der Waals surface area (Å²) in [6.45, 7) is 6.17. The van der Waals surface area contributed by atoms with Crippen LogP contribution in [0.25, 0.3) is 15.9 Å². The molecule has 0 bridgehead atoms. The molecule has 0 radical (unpaired) electrons. The summed E-state index contributed by atoms with van der Waals surface area (Å²) < 4.78 is 1.97. The van der Waals surface area contributed by atoms with E-state index in [4.69, 9.17) is 0 Å². The van der Waals surface area contributed by atoms with Crippen LogP contribution in [0.1, 0.15) is 22.9 Å². The van der Waals surface area contributed by atoms with E-state index in [0.29, 0.717) is 0 Å². The molecule has 0 atom stereocenters. The third kappa shape index (κ3) is 2.97. The second kappa shape index (κ2) is 6.68. The Bertz CT molecular complexity index is 1080. The number of imidazole rings is 1. The second-order valence-corrected chi connectivity index (χ2v) is 7.21. The maximum absolute atomic E-state index is 4.52. The van der Waals surface area contributed by atoms with Gasteiger partial charge in [0.15, 0.2) is 5.82 Å². The molecule has 0 saturated heterocycles. The van der Waals surface area contributed by atoms with Crippen molar-refractivity contribution < 1.29 is 0 Å². The molecule has 1 aromatic carbocycles. The van der Waals surface area contributed by atoms with E-state index in [0.717, 1.165) is 33.0 Å². The summed E-state index contributed by atoms with van der Waals surface area (Å²) >= 11 is 1.68. The molecule has 0 aliphatic rings. The summed E-state index contributed by atoms with van der Waals surface area (Å²) in [5, 5.41) is 5.56. The number of nitrogens with one attached hydrogen (secondary N) is 1. The van der Waals surface area contributed by atoms with Crippen LogP contribution >= 0.6 is 11.3 Å². The average Bonchev–Trinajstić information content (AvgIpc) is 3.29. The first-order valence-corrected chi connectivity index (χ1v) is 9.05.